The second kappa shape index (κ2) is 8.40. The van der Waals surface area contributed by atoms with Crippen molar-refractivity contribution in [3.63, 3.8) is 0 Å². The van der Waals surface area contributed by atoms with Gasteiger partial charge in [-0.15, -0.1) is 0 Å². The highest BCUT2D eigenvalue weighted by Crippen LogP contribution is 2.40. The van der Waals surface area contributed by atoms with Gasteiger partial charge in [0.05, 0.1) is 0 Å². The molecule has 0 aliphatic heterocycles. The van der Waals surface area contributed by atoms with Gasteiger partial charge in [-0.3, -0.25) is 0 Å². The molecule has 2 aliphatic rings. The predicted octanol–water partition coefficient (Wildman–Crippen LogP) is 5.04. The van der Waals surface area contributed by atoms with E-state index in [0.717, 1.165) is 43.2 Å². The summed E-state index contributed by atoms with van der Waals surface area (Å²) in [6.07, 6.45) is 6.72. The Bertz CT molecular complexity index is 644. The summed E-state index contributed by atoms with van der Waals surface area (Å²) >= 11 is 6.27. The zero-order valence-electron chi connectivity index (χ0n) is 16.8. The van der Waals surface area contributed by atoms with Gasteiger partial charge in [-0.05, 0) is 89.5 Å². The maximum absolute atomic E-state index is 12.2. The number of carbonyl (C=O) groups excluding carboxylic acids is 1. The number of hydrogen-bond acceptors (Lipinski definition) is 3. The van der Waals surface area contributed by atoms with Crippen molar-refractivity contribution in [1.82, 2.24) is 10.6 Å². The highest BCUT2D eigenvalue weighted by atomic mass is 35.5. The second-order valence-electron chi connectivity index (χ2n) is 9.27. The first-order chi connectivity index (χ1) is 12.8. The molecule has 0 bridgehead atoms. The summed E-state index contributed by atoms with van der Waals surface area (Å²) in [7, 11) is 0. The number of nitrogens with one attached hydrogen (secondary N) is 2. The maximum Gasteiger partial charge on any atom is 0.407 e. The lowest BCUT2D eigenvalue weighted by Crippen LogP contribution is -2.47. The molecule has 0 radical (unpaired) electrons. The van der Waals surface area contributed by atoms with Gasteiger partial charge in [0, 0.05) is 23.0 Å². The van der Waals surface area contributed by atoms with Crippen molar-refractivity contribution in [1.29, 1.82) is 0 Å². The summed E-state index contributed by atoms with van der Waals surface area (Å²) in [5.41, 5.74) is 0.642. The van der Waals surface area contributed by atoms with Crippen LogP contribution in [0.15, 0.2) is 24.3 Å². The first kappa shape index (κ1) is 20.5. The van der Waals surface area contributed by atoms with Crippen LogP contribution in [0.3, 0.4) is 0 Å². The standard InChI is InChI=1S/C22H33ClN2O2/c1-21(2,3)27-20(26)25-15-22(17-5-4-6-18(23)13-17)11-9-19(10-12-22)24-14-16-7-8-16/h4-6,13,16,19,24H,7-12,14-15H2,1-3H3,(H,25,26)/t19-,22-. The van der Waals surface area contributed by atoms with Crippen molar-refractivity contribution in [2.24, 2.45) is 5.92 Å². The van der Waals surface area contributed by atoms with E-state index in [1.54, 1.807) is 0 Å². The fourth-order valence-corrected chi connectivity index (χ4v) is 4.16. The van der Waals surface area contributed by atoms with Crippen LogP contribution < -0.4 is 10.6 Å². The molecule has 4 nitrogen and oxygen atoms in total. The van der Waals surface area contributed by atoms with E-state index in [4.69, 9.17) is 16.3 Å². The third kappa shape index (κ3) is 6.11. The zero-order valence-corrected chi connectivity index (χ0v) is 17.6. The van der Waals surface area contributed by atoms with Gasteiger partial charge in [0.15, 0.2) is 0 Å². The monoisotopic (exact) mass is 392 g/mol. The van der Waals surface area contributed by atoms with Gasteiger partial charge in [-0.1, -0.05) is 23.7 Å². The predicted molar refractivity (Wildman–Crippen MR) is 110 cm³/mol. The fourth-order valence-electron chi connectivity index (χ4n) is 3.97. The van der Waals surface area contributed by atoms with Crippen molar-refractivity contribution in [3.05, 3.63) is 34.9 Å². The molecule has 0 saturated heterocycles. The van der Waals surface area contributed by atoms with E-state index in [9.17, 15) is 4.79 Å². The van der Waals surface area contributed by atoms with Gasteiger partial charge in [0.2, 0.25) is 0 Å². The highest BCUT2D eigenvalue weighted by molar-refractivity contribution is 6.30. The lowest BCUT2D eigenvalue weighted by molar-refractivity contribution is 0.0506. The largest absolute Gasteiger partial charge is 0.444 e. The van der Waals surface area contributed by atoms with E-state index in [-0.39, 0.29) is 11.5 Å². The number of ether oxygens (including phenoxy) is 1. The maximum atomic E-state index is 12.2. The van der Waals surface area contributed by atoms with Gasteiger partial charge in [0.25, 0.3) is 0 Å². The molecule has 2 fully saturated rings. The molecule has 0 unspecified atom stereocenters. The van der Waals surface area contributed by atoms with Crippen LogP contribution in [0.2, 0.25) is 5.02 Å². The minimum absolute atomic E-state index is 0.0838. The molecule has 1 aromatic rings. The van der Waals surface area contributed by atoms with Crippen LogP contribution in [-0.4, -0.2) is 30.8 Å². The van der Waals surface area contributed by atoms with Gasteiger partial charge >= 0.3 is 6.09 Å². The van der Waals surface area contributed by atoms with Crippen LogP contribution in [0.4, 0.5) is 4.79 Å². The molecule has 1 aromatic carbocycles. The molecular formula is C22H33ClN2O2. The first-order valence-electron chi connectivity index (χ1n) is 10.2. The van der Waals surface area contributed by atoms with Crippen molar-refractivity contribution >= 4 is 17.7 Å². The summed E-state index contributed by atoms with van der Waals surface area (Å²) < 4.78 is 5.44. The van der Waals surface area contributed by atoms with Gasteiger partial charge < -0.3 is 15.4 Å². The average Bonchev–Trinajstić information content (AvgIpc) is 3.42. The molecular weight excluding hydrogens is 360 g/mol. The molecule has 3 rings (SSSR count). The summed E-state index contributed by atoms with van der Waals surface area (Å²) in [6.45, 7) is 7.39. The third-order valence-electron chi connectivity index (χ3n) is 5.74. The Morgan fingerprint density at radius 2 is 1.93 bits per heavy atom. The quantitative estimate of drug-likeness (QED) is 0.712. The van der Waals surface area contributed by atoms with E-state index in [0.29, 0.717) is 12.6 Å². The van der Waals surface area contributed by atoms with Gasteiger partial charge in [-0.2, -0.15) is 0 Å². The number of rotatable bonds is 6. The van der Waals surface area contributed by atoms with Crippen molar-refractivity contribution in [2.45, 2.75) is 76.4 Å². The van der Waals surface area contributed by atoms with Crippen LogP contribution in [0.1, 0.15) is 64.9 Å². The number of halogens is 1. The summed E-state index contributed by atoms with van der Waals surface area (Å²) in [5, 5.41) is 7.51. The smallest absolute Gasteiger partial charge is 0.407 e. The Balaban J connectivity index is 1.65. The molecule has 0 aromatic heterocycles. The molecule has 27 heavy (non-hydrogen) atoms. The van der Waals surface area contributed by atoms with Crippen molar-refractivity contribution < 1.29 is 9.53 Å². The van der Waals surface area contributed by atoms with E-state index in [1.165, 1.54) is 18.4 Å². The van der Waals surface area contributed by atoms with Crippen LogP contribution in [0.5, 0.6) is 0 Å². The summed E-state index contributed by atoms with van der Waals surface area (Å²) in [4.78, 5) is 12.2. The number of amides is 1. The Morgan fingerprint density at radius 3 is 2.52 bits per heavy atom. The van der Waals surface area contributed by atoms with E-state index in [1.807, 2.05) is 32.9 Å². The van der Waals surface area contributed by atoms with E-state index in [2.05, 4.69) is 22.8 Å². The Labute approximate surface area is 168 Å². The van der Waals surface area contributed by atoms with Crippen molar-refractivity contribution in [2.75, 3.05) is 13.1 Å². The molecule has 0 atom stereocenters. The summed E-state index contributed by atoms with van der Waals surface area (Å²) in [6, 6.07) is 8.68. The second-order valence-corrected chi connectivity index (χ2v) is 9.71. The fraction of sp³-hybridized carbons (Fsp3) is 0.682. The highest BCUT2D eigenvalue weighted by Gasteiger charge is 2.38. The molecule has 1 amide bonds. The van der Waals surface area contributed by atoms with E-state index >= 15 is 0 Å². The number of carbonyl (C=O) groups is 1. The molecule has 2 N–H and O–H groups in total. The van der Waals surface area contributed by atoms with Crippen LogP contribution in [-0.2, 0) is 10.2 Å². The van der Waals surface area contributed by atoms with Crippen LogP contribution in [0.25, 0.3) is 0 Å². The Hall–Kier alpha value is -1.26. The SMILES string of the molecule is CC(C)(C)OC(=O)NC[C@]1(c2cccc(Cl)c2)CC[C@H](NCC2CC2)CC1. The van der Waals surface area contributed by atoms with Gasteiger partial charge in [-0.25, -0.2) is 4.79 Å². The molecule has 2 aliphatic carbocycles. The topological polar surface area (TPSA) is 50.4 Å². The molecule has 0 spiro atoms. The molecule has 150 valence electrons. The molecule has 5 heteroatoms. The number of alkyl carbamates (subject to hydrolysis) is 1. The first-order valence-corrected chi connectivity index (χ1v) is 10.6. The van der Waals surface area contributed by atoms with Crippen molar-refractivity contribution in [3.8, 4) is 0 Å². The minimum Gasteiger partial charge on any atom is -0.444 e. The average molecular weight is 393 g/mol. The zero-order chi connectivity index (χ0) is 19.5. The summed E-state index contributed by atoms with van der Waals surface area (Å²) in [5.74, 6) is 0.901. The van der Waals surface area contributed by atoms with Gasteiger partial charge in [0.1, 0.15) is 5.60 Å². The lowest BCUT2D eigenvalue weighted by atomic mass is 9.68. The lowest BCUT2D eigenvalue weighted by Gasteiger charge is -2.41. The van der Waals surface area contributed by atoms with Crippen LogP contribution in [0, 0.1) is 5.92 Å². The molecule has 2 saturated carbocycles. The third-order valence-corrected chi connectivity index (χ3v) is 5.98. The minimum atomic E-state index is -0.488. The molecule has 0 heterocycles. The van der Waals surface area contributed by atoms with E-state index < -0.39 is 5.60 Å². The Kier molecular flexibility index (Phi) is 6.37. The number of hydrogen-bond donors (Lipinski definition) is 2. The van der Waals surface area contributed by atoms with Crippen LogP contribution >= 0.6 is 11.6 Å². The Morgan fingerprint density at radius 1 is 1.22 bits per heavy atom. The number of benzene rings is 1. The normalized spacial score (nSPS) is 25.9.